The smallest absolute Gasteiger partial charge is 0.249 e. The van der Waals surface area contributed by atoms with E-state index < -0.39 is 0 Å². The molecule has 0 aliphatic rings. The Morgan fingerprint density at radius 2 is 1.88 bits per heavy atom. The number of nitrogens with one attached hydrogen (secondary N) is 2. The third-order valence-corrected chi connectivity index (χ3v) is 3.84. The molecular weight excluding hydrogens is 322 g/mol. The van der Waals surface area contributed by atoms with Crippen LogP contribution in [0.5, 0.6) is 0 Å². The maximum atomic E-state index is 6.31. The molecule has 0 saturated heterocycles. The highest BCUT2D eigenvalue weighted by atomic mass is 35.5. The monoisotopic (exact) mass is 339 g/mol. The van der Waals surface area contributed by atoms with E-state index in [0.717, 1.165) is 16.8 Å². The molecule has 5 nitrogen and oxygen atoms in total. The minimum atomic E-state index is 0.405. The first kappa shape index (κ1) is 16.2. The lowest BCUT2D eigenvalue weighted by atomic mass is 10.1. The van der Waals surface area contributed by atoms with E-state index in [1.165, 1.54) is 5.56 Å². The van der Waals surface area contributed by atoms with Gasteiger partial charge in [-0.1, -0.05) is 48.0 Å². The average molecular weight is 340 g/mol. The molecular formula is C18H18ClN5. The molecule has 2 aromatic carbocycles. The highest BCUT2D eigenvalue weighted by Crippen LogP contribution is 2.29. The predicted octanol–water partition coefficient (Wildman–Crippen LogP) is 4.50. The summed E-state index contributed by atoms with van der Waals surface area (Å²) >= 11 is 6.31. The Labute approximate surface area is 146 Å². The van der Waals surface area contributed by atoms with Gasteiger partial charge in [0.1, 0.15) is 0 Å². The van der Waals surface area contributed by atoms with Gasteiger partial charge in [0.2, 0.25) is 5.95 Å². The maximum Gasteiger partial charge on any atom is 0.249 e. The van der Waals surface area contributed by atoms with Gasteiger partial charge in [0.05, 0.1) is 16.9 Å². The van der Waals surface area contributed by atoms with Gasteiger partial charge in [-0.05, 0) is 36.6 Å². The Morgan fingerprint density at radius 1 is 1.08 bits per heavy atom. The molecule has 1 aromatic heterocycles. The van der Waals surface area contributed by atoms with Crippen molar-refractivity contribution in [2.45, 2.75) is 20.4 Å². The number of hydrogen-bond donors (Lipinski definition) is 2. The second kappa shape index (κ2) is 7.27. The maximum absolute atomic E-state index is 6.31. The molecule has 0 bridgehead atoms. The number of halogens is 1. The lowest BCUT2D eigenvalue weighted by Gasteiger charge is -2.12. The first-order chi connectivity index (χ1) is 11.6. The van der Waals surface area contributed by atoms with E-state index in [-0.39, 0.29) is 0 Å². The van der Waals surface area contributed by atoms with Gasteiger partial charge in [-0.15, -0.1) is 5.10 Å². The molecule has 0 fully saturated rings. The molecule has 0 radical (unpaired) electrons. The number of anilines is 3. The largest absolute Gasteiger partial charge is 0.365 e. The number of hydrogen-bond acceptors (Lipinski definition) is 5. The molecule has 0 atom stereocenters. The summed E-state index contributed by atoms with van der Waals surface area (Å²) in [4.78, 5) is 4.43. The third kappa shape index (κ3) is 4.00. The predicted molar refractivity (Wildman–Crippen MR) is 97.8 cm³/mol. The average Bonchev–Trinajstić information content (AvgIpc) is 2.58. The Morgan fingerprint density at radius 3 is 2.62 bits per heavy atom. The zero-order valence-corrected chi connectivity index (χ0v) is 14.3. The first-order valence-electron chi connectivity index (χ1n) is 7.63. The van der Waals surface area contributed by atoms with Crippen LogP contribution in [0.3, 0.4) is 0 Å². The Balaban J connectivity index is 1.74. The molecule has 3 rings (SSSR count). The Bertz CT molecular complexity index is 813. The third-order valence-electron chi connectivity index (χ3n) is 3.54. The number of aryl methyl sites for hydroxylation is 2. The van der Waals surface area contributed by atoms with Gasteiger partial charge < -0.3 is 10.6 Å². The van der Waals surface area contributed by atoms with E-state index in [9.17, 15) is 0 Å². The van der Waals surface area contributed by atoms with E-state index in [1.807, 2.05) is 38.1 Å². The van der Waals surface area contributed by atoms with Crippen molar-refractivity contribution in [3.8, 4) is 0 Å². The van der Waals surface area contributed by atoms with Crippen molar-refractivity contribution in [1.82, 2.24) is 15.2 Å². The molecule has 2 N–H and O–H groups in total. The van der Waals surface area contributed by atoms with Crippen LogP contribution in [0.2, 0.25) is 5.02 Å². The fraction of sp³-hybridized carbons (Fsp3) is 0.167. The SMILES string of the molecule is Cc1cc(C)c(Nc2nncc(NCc3ccccc3)n2)c(Cl)c1. The number of nitrogens with zero attached hydrogens (tertiary/aromatic N) is 3. The molecule has 0 aliphatic heterocycles. The van der Waals surface area contributed by atoms with Crippen molar-refractivity contribution >= 4 is 29.1 Å². The summed E-state index contributed by atoms with van der Waals surface area (Å²) < 4.78 is 0. The molecule has 0 saturated carbocycles. The van der Waals surface area contributed by atoms with Crippen LogP contribution in [-0.2, 0) is 6.54 Å². The van der Waals surface area contributed by atoms with E-state index in [4.69, 9.17) is 11.6 Å². The van der Waals surface area contributed by atoms with Crippen LogP contribution in [0.25, 0.3) is 0 Å². The molecule has 0 unspecified atom stereocenters. The number of benzene rings is 2. The van der Waals surface area contributed by atoms with E-state index >= 15 is 0 Å². The Kier molecular flexibility index (Phi) is 4.91. The first-order valence-corrected chi connectivity index (χ1v) is 8.01. The van der Waals surface area contributed by atoms with Crippen molar-refractivity contribution in [3.63, 3.8) is 0 Å². The fourth-order valence-corrected chi connectivity index (χ4v) is 2.78. The quantitative estimate of drug-likeness (QED) is 0.716. The van der Waals surface area contributed by atoms with Crippen LogP contribution in [0.4, 0.5) is 17.5 Å². The molecule has 6 heteroatoms. The topological polar surface area (TPSA) is 62.7 Å². The van der Waals surface area contributed by atoms with Crippen molar-refractivity contribution < 1.29 is 0 Å². The highest BCUT2D eigenvalue weighted by Gasteiger charge is 2.08. The number of rotatable bonds is 5. The second-order valence-corrected chi connectivity index (χ2v) is 5.98. The standard InChI is InChI=1S/C18H18ClN5/c1-12-8-13(2)17(15(19)9-12)23-18-22-16(11-21-24-18)20-10-14-6-4-3-5-7-14/h3-9,11H,10H2,1-2H3,(H2,20,22,23,24). The van der Waals surface area contributed by atoms with Crippen molar-refractivity contribution in [1.29, 1.82) is 0 Å². The van der Waals surface area contributed by atoms with Gasteiger partial charge >= 0.3 is 0 Å². The van der Waals surface area contributed by atoms with E-state index in [0.29, 0.717) is 23.3 Å². The van der Waals surface area contributed by atoms with Crippen molar-refractivity contribution in [2.75, 3.05) is 10.6 Å². The van der Waals surface area contributed by atoms with Crippen LogP contribution in [0, 0.1) is 13.8 Å². The minimum absolute atomic E-state index is 0.405. The highest BCUT2D eigenvalue weighted by molar-refractivity contribution is 6.33. The zero-order chi connectivity index (χ0) is 16.9. The van der Waals surface area contributed by atoms with Crippen LogP contribution < -0.4 is 10.6 Å². The van der Waals surface area contributed by atoms with Crippen molar-refractivity contribution in [2.24, 2.45) is 0 Å². The molecule has 0 aliphatic carbocycles. The van der Waals surface area contributed by atoms with Gasteiger partial charge in [0, 0.05) is 6.54 Å². The van der Waals surface area contributed by atoms with Crippen molar-refractivity contribution in [3.05, 3.63) is 70.4 Å². The van der Waals surface area contributed by atoms with Gasteiger partial charge in [0.15, 0.2) is 5.82 Å². The summed E-state index contributed by atoms with van der Waals surface area (Å²) in [6, 6.07) is 14.1. The van der Waals surface area contributed by atoms with Gasteiger partial charge in [0.25, 0.3) is 0 Å². The molecule has 122 valence electrons. The lowest BCUT2D eigenvalue weighted by Crippen LogP contribution is -2.06. The summed E-state index contributed by atoms with van der Waals surface area (Å²) in [7, 11) is 0. The van der Waals surface area contributed by atoms with E-state index in [1.54, 1.807) is 6.20 Å². The van der Waals surface area contributed by atoms with Crippen LogP contribution >= 0.6 is 11.6 Å². The molecule has 24 heavy (non-hydrogen) atoms. The molecule has 1 heterocycles. The normalized spacial score (nSPS) is 10.5. The lowest BCUT2D eigenvalue weighted by molar-refractivity contribution is 0.965. The summed E-state index contributed by atoms with van der Waals surface area (Å²) in [5.74, 6) is 1.05. The van der Waals surface area contributed by atoms with Crippen LogP contribution in [0.1, 0.15) is 16.7 Å². The fourth-order valence-electron chi connectivity index (χ4n) is 2.42. The van der Waals surface area contributed by atoms with Gasteiger partial charge in [-0.2, -0.15) is 10.1 Å². The summed E-state index contributed by atoms with van der Waals surface area (Å²) in [5.41, 5.74) is 4.11. The number of aromatic nitrogens is 3. The Hall–Kier alpha value is -2.66. The summed E-state index contributed by atoms with van der Waals surface area (Å²) in [6.07, 6.45) is 1.59. The second-order valence-electron chi connectivity index (χ2n) is 5.57. The molecule has 0 spiro atoms. The zero-order valence-electron chi connectivity index (χ0n) is 13.5. The van der Waals surface area contributed by atoms with Crippen LogP contribution in [0.15, 0.2) is 48.7 Å². The van der Waals surface area contributed by atoms with Gasteiger partial charge in [-0.3, -0.25) is 0 Å². The summed E-state index contributed by atoms with van der Waals surface area (Å²) in [5, 5.41) is 15.0. The minimum Gasteiger partial charge on any atom is -0.365 e. The van der Waals surface area contributed by atoms with Gasteiger partial charge in [-0.25, -0.2) is 0 Å². The van der Waals surface area contributed by atoms with Crippen LogP contribution in [-0.4, -0.2) is 15.2 Å². The van der Waals surface area contributed by atoms with E-state index in [2.05, 4.69) is 44.0 Å². The molecule has 3 aromatic rings. The summed E-state index contributed by atoms with van der Waals surface area (Å²) in [6.45, 7) is 4.67. The molecule has 0 amide bonds.